The van der Waals surface area contributed by atoms with Crippen molar-refractivity contribution in [3.05, 3.63) is 71.9 Å². The molecule has 0 bridgehead atoms. The van der Waals surface area contributed by atoms with Gasteiger partial charge in [0.2, 0.25) is 0 Å². The highest BCUT2D eigenvalue weighted by atomic mass is 14.9. The number of nitrogens with one attached hydrogen (secondary N) is 1. The Morgan fingerprint density at radius 3 is 2.62 bits per heavy atom. The van der Waals surface area contributed by atoms with Gasteiger partial charge in [-0.25, -0.2) is 0 Å². The molecule has 108 valence electrons. The first kappa shape index (κ1) is 13.9. The first-order valence-electron chi connectivity index (χ1n) is 7.69. The molecule has 0 spiro atoms. The maximum Gasteiger partial charge on any atom is 0.0483 e. The number of aromatic nitrogens is 1. The van der Waals surface area contributed by atoms with Gasteiger partial charge in [0.1, 0.15) is 0 Å². The Kier molecular flexibility index (Phi) is 4.37. The fraction of sp³-hybridized carbons (Fsp3) is 0.263. The Labute approximate surface area is 126 Å². The molecule has 2 aromatic carbocycles. The third-order valence-corrected chi connectivity index (χ3v) is 3.79. The highest BCUT2D eigenvalue weighted by Crippen LogP contribution is 2.19. The predicted octanol–water partition coefficient (Wildman–Crippen LogP) is 4.19. The average Bonchev–Trinajstić information content (AvgIpc) is 2.91. The summed E-state index contributed by atoms with van der Waals surface area (Å²) < 4.78 is 2.31. The summed E-state index contributed by atoms with van der Waals surface area (Å²) in [5, 5.41) is 4.78. The van der Waals surface area contributed by atoms with Gasteiger partial charge in [-0.3, -0.25) is 0 Å². The topological polar surface area (TPSA) is 17.0 Å². The summed E-state index contributed by atoms with van der Waals surface area (Å²) in [6, 6.07) is 19.6. The first-order chi connectivity index (χ1) is 10.4. The van der Waals surface area contributed by atoms with Crippen molar-refractivity contribution >= 4 is 10.9 Å². The minimum absolute atomic E-state index is 0.928. The zero-order valence-corrected chi connectivity index (χ0v) is 12.5. The number of benzene rings is 2. The lowest BCUT2D eigenvalue weighted by atomic mass is 10.1. The second-order valence-electron chi connectivity index (χ2n) is 5.50. The van der Waals surface area contributed by atoms with Crippen molar-refractivity contribution in [2.24, 2.45) is 0 Å². The van der Waals surface area contributed by atoms with Gasteiger partial charge in [-0.2, -0.15) is 0 Å². The van der Waals surface area contributed by atoms with Crippen LogP contribution in [0.2, 0.25) is 0 Å². The fourth-order valence-corrected chi connectivity index (χ4v) is 2.69. The van der Waals surface area contributed by atoms with Gasteiger partial charge in [0.15, 0.2) is 0 Å². The van der Waals surface area contributed by atoms with E-state index in [4.69, 9.17) is 0 Å². The molecular weight excluding hydrogens is 256 g/mol. The fourth-order valence-electron chi connectivity index (χ4n) is 2.69. The van der Waals surface area contributed by atoms with Crippen molar-refractivity contribution < 1.29 is 0 Å². The van der Waals surface area contributed by atoms with Crippen LogP contribution in [0.3, 0.4) is 0 Å². The van der Waals surface area contributed by atoms with E-state index in [0.29, 0.717) is 0 Å². The van der Waals surface area contributed by atoms with Crippen molar-refractivity contribution in [1.29, 1.82) is 0 Å². The summed E-state index contributed by atoms with van der Waals surface area (Å²) in [4.78, 5) is 0. The van der Waals surface area contributed by atoms with Crippen LogP contribution < -0.4 is 5.32 Å². The van der Waals surface area contributed by atoms with Crippen molar-refractivity contribution in [1.82, 2.24) is 9.88 Å². The third kappa shape index (κ3) is 3.34. The normalized spacial score (nSPS) is 11.1. The summed E-state index contributed by atoms with van der Waals surface area (Å²) in [7, 11) is 0. The maximum atomic E-state index is 3.46. The molecule has 0 radical (unpaired) electrons. The molecule has 1 N–H and O–H groups in total. The summed E-state index contributed by atoms with van der Waals surface area (Å²) in [6.07, 6.45) is 3.36. The molecule has 0 aliphatic heterocycles. The lowest BCUT2D eigenvalue weighted by molar-refractivity contribution is 0.676. The summed E-state index contributed by atoms with van der Waals surface area (Å²) in [5.74, 6) is 0. The van der Waals surface area contributed by atoms with Crippen LogP contribution in [-0.2, 0) is 13.1 Å². The smallest absolute Gasteiger partial charge is 0.0483 e. The molecular formula is C19H22N2. The lowest BCUT2D eigenvalue weighted by Gasteiger charge is -2.07. The second-order valence-corrected chi connectivity index (χ2v) is 5.50. The SMILES string of the molecule is CCCNCc1ccc2c(ccn2Cc2ccccc2)c1. The predicted molar refractivity (Wildman–Crippen MR) is 89.5 cm³/mol. The van der Waals surface area contributed by atoms with E-state index in [1.165, 1.54) is 28.5 Å². The molecule has 3 rings (SSSR count). The van der Waals surface area contributed by atoms with E-state index >= 15 is 0 Å². The third-order valence-electron chi connectivity index (χ3n) is 3.79. The highest BCUT2D eigenvalue weighted by Gasteiger charge is 2.03. The first-order valence-corrected chi connectivity index (χ1v) is 7.69. The van der Waals surface area contributed by atoms with Crippen LogP contribution in [0.4, 0.5) is 0 Å². The van der Waals surface area contributed by atoms with Crippen molar-refractivity contribution in [2.45, 2.75) is 26.4 Å². The summed E-state index contributed by atoms with van der Waals surface area (Å²) >= 11 is 0. The van der Waals surface area contributed by atoms with Crippen LogP contribution in [0, 0.1) is 0 Å². The molecule has 1 heterocycles. The van der Waals surface area contributed by atoms with Crippen LogP contribution in [0.25, 0.3) is 10.9 Å². The highest BCUT2D eigenvalue weighted by molar-refractivity contribution is 5.81. The van der Waals surface area contributed by atoms with E-state index in [1.807, 2.05) is 0 Å². The maximum absolute atomic E-state index is 3.46. The zero-order valence-electron chi connectivity index (χ0n) is 12.5. The zero-order chi connectivity index (χ0) is 14.5. The molecule has 2 heteroatoms. The minimum Gasteiger partial charge on any atom is -0.343 e. The molecule has 0 aliphatic carbocycles. The van der Waals surface area contributed by atoms with E-state index in [9.17, 15) is 0 Å². The number of hydrogen-bond acceptors (Lipinski definition) is 1. The van der Waals surface area contributed by atoms with Gasteiger partial charge in [-0.05, 0) is 47.7 Å². The van der Waals surface area contributed by atoms with Crippen LogP contribution in [-0.4, -0.2) is 11.1 Å². The Morgan fingerprint density at radius 1 is 0.952 bits per heavy atom. The van der Waals surface area contributed by atoms with Crippen LogP contribution in [0.1, 0.15) is 24.5 Å². The van der Waals surface area contributed by atoms with Gasteiger partial charge in [-0.1, -0.05) is 43.3 Å². The summed E-state index contributed by atoms with van der Waals surface area (Å²) in [5.41, 5.74) is 4.00. The van der Waals surface area contributed by atoms with E-state index in [-0.39, 0.29) is 0 Å². The summed E-state index contributed by atoms with van der Waals surface area (Å²) in [6.45, 7) is 5.15. The Bertz CT molecular complexity index is 698. The Balaban J connectivity index is 1.79. The average molecular weight is 278 g/mol. The molecule has 2 nitrogen and oxygen atoms in total. The quantitative estimate of drug-likeness (QED) is 0.669. The van der Waals surface area contributed by atoms with Crippen LogP contribution >= 0.6 is 0 Å². The number of fused-ring (bicyclic) bond motifs is 1. The molecule has 0 saturated heterocycles. The number of rotatable bonds is 6. The van der Waals surface area contributed by atoms with E-state index in [1.54, 1.807) is 0 Å². The van der Waals surface area contributed by atoms with Gasteiger partial charge in [0.25, 0.3) is 0 Å². The molecule has 0 aliphatic rings. The van der Waals surface area contributed by atoms with Gasteiger partial charge >= 0.3 is 0 Å². The van der Waals surface area contributed by atoms with E-state index in [2.05, 4.69) is 77.6 Å². The molecule has 3 aromatic rings. The van der Waals surface area contributed by atoms with Gasteiger partial charge in [0.05, 0.1) is 0 Å². The largest absolute Gasteiger partial charge is 0.343 e. The van der Waals surface area contributed by atoms with Gasteiger partial charge < -0.3 is 9.88 Å². The second kappa shape index (κ2) is 6.59. The van der Waals surface area contributed by atoms with Gasteiger partial charge in [0, 0.05) is 24.8 Å². The molecule has 21 heavy (non-hydrogen) atoms. The monoisotopic (exact) mass is 278 g/mol. The molecule has 0 fully saturated rings. The lowest BCUT2D eigenvalue weighted by Crippen LogP contribution is -2.13. The number of nitrogens with zero attached hydrogens (tertiary/aromatic N) is 1. The standard InChI is InChI=1S/C19H22N2/c1-2-11-20-14-17-8-9-19-18(13-17)10-12-21(19)15-16-6-4-3-5-7-16/h3-10,12-13,20H,2,11,14-15H2,1H3. The molecule has 0 amide bonds. The number of hydrogen-bond donors (Lipinski definition) is 1. The Morgan fingerprint density at radius 2 is 1.81 bits per heavy atom. The van der Waals surface area contributed by atoms with E-state index in [0.717, 1.165) is 19.6 Å². The van der Waals surface area contributed by atoms with E-state index < -0.39 is 0 Å². The van der Waals surface area contributed by atoms with Gasteiger partial charge in [-0.15, -0.1) is 0 Å². The van der Waals surface area contributed by atoms with Crippen LogP contribution in [0.15, 0.2) is 60.8 Å². The Hall–Kier alpha value is -2.06. The molecule has 1 aromatic heterocycles. The van der Waals surface area contributed by atoms with Crippen molar-refractivity contribution in [3.8, 4) is 0 Å². The van der Waals surface area contributed by atoms with Crippen molar-refractivity contribution in [2.75, 3.05) is 6.54 Å². The molecule has 0 unspecified atom stereocenters. The van der Waals surface area contributed by atoms with Crippen molar-refractivity contribution in [3.63, 3.8) is 0 Å². The van der Waals surface area contributed by atoms with Crippen LogP contribution in [0.5, 0.6) is 0 Å². The molecule has 0 saturated carbocycles. The minimum atomic E-state index is 0.928. The molecule has 0 atom stereocenters.